The normalized spacial score (nSPS) is 9.00. The summed E-state index contributed by atoms with van der Waals surface area (Å²) < 4.78 is 0. The van der Waals surface area contributed by atoms with Gasteiger partial charge in [0.05, 0.1) is 0 Å². The van der Waals surface area contributed by atoms with Crippen LogP contribution in [0.5, 0.6) is 0 Å². The van der Waals surface area contributed by atoms with Crippen LogP contribution in [-0.4, -0.2) is 11.2 Å². The minimum Gasteiger partial charge on any atom is -0.308 e. The molecule has 4 nitrogen and oxygen atoms in total. The summed E-state index contributed by atoms with van der Waals surface area (Å²) in [6.07, 6.45) is 2.59. The first-order valence-corrected chi connectivity index (χ1v) is 3.27. The molecule has 0 fully saturated rings. The molecule has 1 aromatic heterocycles. The summed E-state index contributed by atoms with van der Waals surface area (Å²) in [5.74, 6) is 0.136. The van der Waals surface area contributed by atoms with Crippen molar-refractivity contribution in [3.63, 3.8) is 0 Å². The molecule has 0 amide bonds. The molecule has 60 valence electrons. The zero-order chi connectivity index (χ0) is 8.97. The minimum absolute atomic E-state index is 0.136. The van der Waals surface area contributed by atoms with Gasteiger partial charge >= 0.3 is 0 Å². The van der Waals surface area contributed by atoms with Gasteiger partial charge in [0.1, 0.15) is 0 Å². The Hall–Kier alpha value is -1.84. The predicted octanol–water partition coefficient (Wildman–Crippen LogP) is 2.14. The highest BCUT2D eigenvalue weighted by atomic mass is 16.3. The lowest BCUT2D eigenvalue weighted by Crippen LogP contribution is -1.83. The zero-order valence-electron chi connectivity index (χ0n) is 6.32. The van der Waals surface area contributed by atoms with Crippen LogP contribution in [0.15, 0.2) is 30.1 Å². The molecular formula is C8H7N3O. The van der Waals surface area contributed by atoms with Crippen LogP contribution in [0.1, 0.15) is 5.56 Å². The van der Waals surface area contributed by atoms with E-state index in [0.717, 1.165) is 11.8 Å². The molecular weight excluding hydrogens is 154 g/mol. The Kier molecular flexibility index (Phi) is 2.42. The van der Waals surface area contributed by atoms with Crippen molar-refractivity contribution in [2.75, 3.05) is 0 Å². The van der Waals surface area contributed by atoms with Gasteiger partial charge < -0.3 is 5.41 Å². The molecule has 12 heavy (non-hydrogen) atoms. The highest BCUT2D eigenvalue weighted by Gasteiger charge is 1.96. The molecule has 0 bridgehead atoms. The zero-order valence-corrected chi connectivity index (χ0v) is 6.32. The summed E-state index contributed by atoms with van der Waals surface area (Å²) in [7, 11) is 0. The van der Waals surface area contributed by atoms with Crippen molar-refractivity contribution in [2.24, 2.45) is 5.18 Å². The number of aromatic nitrogens is 1. The van der Waals surface area contributed by atoms with Gasteiger partial charge in [-0.3, -0.25) is 0 Å². The van der Waals surface area contributed by atoms with Gasteiger partial charge in [-0.15, -0.1) is 4.91 Å². The van der Waals surface area contributed by atoms with E-state index in [1.807, 2.05) is 0 Å². The van der Waals surface area contributed by atoms with Gasteiger partial charge in [0.25, 0.3) is 0 Å². The molecule has 0 unspecified atom stereocenters. The van der Waals surface area contributed by atoms with Crippen molar-refractivity contribution >= 4 is 17.6 Å². The van der Waals surface area contributed by atoms with E-state index in [-0.39, 0.29) is 5.82 Å². The summed E-state index contributed by atoms with van der Waals surface area (Å²) in [5, 5.41) is 9.56. The van der Waals surface area contributed by atoms with Gasteiger partial charge in [0, 0.05) is 18.0 Å². The van der Waals surface area contributed by atoms with Crippen LogP contribution in [0.25, 0.3) is 5.57 Å². The molecule has 0 atom stereocenters. The molecule has 0 saturated carbocycles. The maximum atomic E-state index is 9.98. The Labute approximate surface area is 69.4 Å². The van der Waals surface area contributed by atoms with E-state index >= 15 is 0 Å². The van der Waals surface area contributed by atoms with Crippen LogP contribution in [-0.2, 0) is 0 Å². The lowest BCUT2D eigenvalue weighted by molar-refractivity contribution is 1.26. The third kappa shape index (κ3) is 1.60. The van der Waals surface area contributed by atoms with Crippen molar-refractivity contribution in [1.29, 1.82) is 5.41 Å². The maximum Gasteiger partial charge on any atom is 0.196 e. The smallest absolute Gasteiger partial charge is 0.196 e. The van der Waals surface area contributed by atoms with Crippen LogP contribution in [0.2, 0.25) is 0 Å². The second-order valence-corrected chi connectivity index (χ2v) is 2.17. The molecule has 0 aliphatic rings. The van der Waals surface area contributed by atoms with Crippen LogP contribution in [0.4, 0.5) is 5.82 Å². The number of pyridine rings is 1. The first kappa shape index (κ1) is 8.26. The average Bonchev–Trinajstić information content (AvgIpc) is 2.17. The Morgan fingerprint density at radius 1 is 1.67 bits per heavy atom. The number of hydrogen-bond donors (Lipinski definition) is 1. The second-order valence-electron chi connectivity index (χ2n) is 2.17. The SMILES string of the molecule is C=C(C=N)c1ccc(N=O)nc1. The highest BCUT2D eigenvalue weighted by molar-refractivity contribution is 6.07. The molecule has 1 heterocycles. The molecule has 1 N–H and O–H groups in total. The third-order valence-electron chi connectivity index (χ3n) is 1.39. The predicted molar refractivity (Wildman–Crippen MR) is 47.5 cm³/mol. The first-order chi connectivity index (χ1) is 5.77. The molecule has 0 aromatic carbocycles. The van der Waals surface area contributed by atoms with E-state index in [1.165, 1.54) is 12.3 Å². The Bertz CT molecular complexity index is 316. The van der Waals surface area contributed by atoms with E-state index in [1.54, 1.807) is 6.07 Å². The molecule has 1 aromatic rings. The van der Waals surface area contributed by atoms with Crippen LogP contribution in [0.3, 0.4) is 0 Å². The lowest BCUT2D eigenvalue weighted by Gasteiger charge is -1.96. The van der Waals surface area contributed by atoms with E-state index in [9.17, 15) is 4.91 Å². The van der Waals surface area contributed by atoms with Crippen LogP contribution < -0.4 is 0 Å². The molecule has 0 spiro atoms. The van der Waals surface area contributed by atoms with Gasteiger partial charge in [-0.1, -0.05) is 6.58 Å². The third-order valence-corrected chi connectivity index (χ3v) is 1.39. The summed E-state index contributed by atoms with van der Waals surface area (Å²) in [6.45, 7) is 3.61. The standard InChI is InChI=1S/C8H7N3O/c1-6(4-9)7-2-3-8(11-12)10-5-7/h2-5,9H,1H2. The average molecular weight is 161 g/mol. The fourth-order valence-corrected chi connectivity index (χ4v) is 0.713. The number of rotatable bonds is 3. The molecule has 4 heteroatoms. The van der Waals surface area contributed by atoms with Gasteiger partial charge in [0.2, 0.25) is 0 Å². The topological polar surface area (TPSA) is 66.2 Å². The Balaban J connectivity index is 2.99. The molecule has 0 aliphatic heterocycles. The molecule has 1 rings (SSSR count). The second kappa shape index (κ2) is 3.52. The van der Waals surface area contributed by atoms with E-state index in [0.29, 0.717) is 5.57 Å². The van der Waals surface area contributed by atoms with Gasteiger partial charge in [-0.05, 0) is 22.9 Å². The number of nitroso groups, excluding NO2 is 1. The van der Waals surface area contributed by atoms with Crippen molar-refractivity contribution in [3.8, 4) is 0 Å². The summed E-state index contributed by atoms with van der Waals surface area (Å²) in [4.78, 5) is 13.7. The fourth-order valence-electron chi connectivity index (χ4n) is 0.713. The monoisotopic (exact) mass is 161 g/mol. The fraction of sp³-hybridized carbons (Fsp3) is 0. The highest BCUT2D eigenvalue weighted by Crippen LogP contribution is 2.12. The quantitative estimate of drug-likeness (QED) is 0.545. The lowest BCUT2D eigenvalue weighted by atomic mass is 10.1. The van der Waals surface area contributed by atoms with Crippen LogP contribution in [0, 0.1) is 10.3 Å². The van der Waals surface area contributed by atoms with Crippen molar-refractivity contribution in [2.45, 2.75) is 0 Å². The number of nitrogens with one attached hydrogen (secondary N) is 1. The summed E-state index contributed by atoms with van der Waals surface area (Å²) in [5.41, 5.74) is 1.28. The summed E-state index contributed by atoms with van der Waals surface area (Å²) >= 11 is 0. The van der Waals surface area contributed by atoms with Gasteiger partial charge in [-0.2, -0.15) is 0 Å². The molecule has 0 radical (unpaired) electrons. The number of allylic oxidation sites excluding steroid dienone is 1. The largest absolute Gasteiger partial charge is 0.308 e. The minimum atomic E-state index is 0.136. The molecule has 0 saturated heterocycles. The van der Waals surface area contributed by atoms with Gasteiger partial charge in [0.15, 0.2) is 5.82 Å². The summed E-state index contributed by atoms with van der Waals surface area (Å²) in [6, 6.07) is 3.13. The van der Waals surface area contributed by atoms with E-state index < -0.39 is 0 Å². The van der Waals surface area contributed by atoms with Gasteiger partial charge in [-0.25, -0.2) is 4.98 Å². The van der Waals surface area contributed by atoms with Crippen molar-refractivity contribution in [3.05, 3.63) is 35.4 Å². The molecule has 0 aliphatic carbocycles. The maximum absolute atomic E-state index is 9.98. The first-order valence-electron chi connectivity index (χ1n) is 3.27. The Morgan fingerprint density at radius 3 is 2.83 bits per heavy atom. The van der Waals surface area contributed by atoms with Crippen LogP contribution >= 0.6 is 0 Å². The number of nitrogens with zero attached hydrogens (tertiary/aromatic N) is 2. The van der Waals surface area contributed by atoms with E-state index in [2.05, 4.69) is 16.7 Å². The van der Waals surface area contributed by atoms with Crippen molar-refractivity contribution < 1.29 is 0 Å². The number of hydrogen-bond acceptors (Lipinski definition) is 4. The Morgan fingerprint density at radius 2 is 2.42 bits per heavy atom. The van der Waals surface area contributed by atoms with Crippen molar-refractivity contribution in [1.82, 2.24) is 4.98 Å². The van der Waals surface area contributed by atoms with E-state index in [4.69, 9.17) is 5.41 Å².